The molecule has 0 aliphatic heterocycles. The van der Waals surface area contributed by atoms with E-state index in [-0.39, 0.29) is 6.10 Å². The Hall–Kier alpha value is -0.380. The average molecular weight is 270 g/mol. The lowest BCUT2D eigenvalue weighted by molar-refractivity contribution is -0.0995. The van der Waals surface area contributed by atoms with Gasteiger partial charge in [-0.3, -0.25) is 0 Å². The van der Waals surface area contributed by atoms with Crippen molar-refractivity contribution in [1.29, 1.82) is 0 Å². The molecule has 1 fully saturated rings. The monoisotopic (exact) mass is 270 g/mol. The molecule has 0 aromatic carbocycles. The zero-order chi connectivity index (χ0) is 14.3. The van der Waals surface area contributed by atoms with Gasteiger partial charge in [0.1, 0.15) is 6.10 Å². The van der Waals surface area contributed by atoms with Crippen LogP contribution in [0.3, 0.4) is 0 Å². The second kappa shape index (κ2) is 8.72. The zero-order valence-electron chi connectivity index (χ0n) is 12.9. The van der Waals surface area contributed by atoms with E-state index in [0.717, 1.165) is 5.92 Å². The predicted molar refractivity (Wildman–Crippen MR) is 78.3 cm³/mol. The van der Waals surface area contributed by atoms with Crippen molar-refractivity contribution in [3.8, 4) is 0 Å². The molecule has 0 aromatic rings. The standard InChI is InChI=1S/C16H30O3/c1-6-7-18-10-15(17-5)11-19-16-13(3)8-12(2)9-14(16)4/h6,12-16H,1,7-11H2,2-5H3. The summed E-state index contributed by atoms with van der Waals surface area (Å²) in [5.74, 6) is 2.08. The average Bonchev–Trinajstić information content (AvgIpc) is 2.35. The summed E-state index contributed by atoms with van der Waals surface area (Å²) < 4.78 is 16.9. The van der Waals surface area contributed by atoms with Crippen LogP contribution in [-0.4, -0.2) is 39.1 Å². The summed E-state index contributed by atoms with van der Waals surface area (Å²) in [7, 11) is 1.71. The van der Waals surface area contributed by atoms with E-state index in [9.17, 15) is 0 Å². The van der Waals surface area contributed by atoms with Crippen molar-refractivity contribution >= 4 is 0 Å². The molecule has 0 amide bonds. The van der Waals surface area contributed by atoms with E-state index in [1.165, 1.54) is 12.8 Å². The first-order chi connectivity index (χ1) is 9.08. The molecule has 0 aromatic heterocycles. The summed E-state index contributed by atoms with van der Waals surface area (Å²) in [4.78, 5) is 0. The summed E-state index contributed by atoms with van der Waals surface area (Å²) in [6.07, 6.45) is 4.64. The molecule has 0 saturated heterocycles. The van der Waals surface area contributed by atoms with Crippen LogP contribution in [0, 0.1) is 17.8 Å². The Morgan fingerprint density at radius 2 is 1.79 bits per heavy atom. The number of rotatable bonds is 8. The van der Waals surface area contributed by atoms with E-state index in [1.54, 1.807) is 13.2 Å². The van der Waals surface area contributed by atoms with Gasteiger partial charge in [0.25, 0.3) is 0 Å². The highest BCUT2D eigenvalue weighted by Gasteiger charge is 2.32. The fraction of sp³-hybridized carbons (Fsp3) is 0.875. The van der Waals surface area contributed by atoms with Gasteiger partial charge < -0.3 is 14.2 Å². The maximum Gasteiger partial charge on any atom is 0.104 e. The van der Waals surface area contributed by atoms with Crippen molar-refractivity contribution in [3.63, 3.8) is 0 Å². The van der Waals surface area contributed by atoms with E-state index in [2.05, 4.69) is 27.4 Å². The van der Waals surface area contributed by atoms with Gasteiger partial charge in [-0.2, -0.15) is 0 Å². The Balaban J connectivity index is 2.34. The fourth-order valence-corrected chi connectivity index (χ4v) is 3.21. The number of hydrogen-bond donors (Lipinski definition) is 0. The lowest BCUT2D eigenvalue weighted by Gasteiger charge is -2.38. The molecule has 3 heteroatoms. The van der Waals surface area contributed by atoms with E-state index in [1.807, 2.05) is 0 Å². The maximum absolute atomic E-state index is 6.11. The third-order valence-corrected chi connectivity index (χ3v) is 4.02. The minimum atomic E-state index is 0.0127. The molecule has 1 aliphatic carbocycles. The van der Waals surface area contributed by atoms with Crippen LogP contribution in [0.1, 0.15) is 33.6 Å². The number of hydrogen-bond acceptors (Lipinski definition) is 3. The summed E-state index contributed by atoms with van der Waals surface area (Å²) >= 11 is 0. The highest BCUT2D eigenvalue weighted by atomic mass is 16.6. The first kappa shape index (κ1) is 16.7. The topological polar surface area (TPSA) is 27.7 Å². The fourth-order valence-electron chi connectivity index (χ4n) is 3.21. The molecule has 3 unspecified atom stereocenters. The Bertz CT molecular complexity index is 242. The SMILES string of the molecule is C=CCOCC(COC1C(C)CC(C)CC1C)OC. The zero-order valence-corrected chi connectivity index (χ0v) is 12.9. The molecule has 0 heterocycles. The van der Waals surface area contributed by atoms with Crippen molar-refractivity contribution in [2.24, 2.45) is 17.8 Å². The smallest absolute Gasteiger partial charge is 0.104 e. The van der Waals surface area contributed by atoms with Gasteiger partial charge in [-0.25, -0.2) is 0 Å². The van der Waals surface area contributed by atoms with Gasteiger partial charge in [-0.05, 0) is 30.6 Å². The number of ether oxygens (including phenoxy) is 3. The van der Waals surface area contributed by atoms with E-state index >= 15 is 0 Å². The second-order valence-electron chi connectivity index (χ2n) is 6.01. The van der Waals surface area contributed by atoms with Crippen LogP contribution < -0.4 is 0 Å². The van der Waals surface area contributed by atoms with Crippen molar-refractivity contribution in [1.82, 2.24) is 0 Å². The quantitative estimate of drug-likeness (QED) is 0.500. The molecule has 0 bridgehead atoms. The van der Waals surface area contributed by atoms with Crippen molar-refractivity contribution in [3.05, 3.63) is 12.7 Å². The lowest BCUT2D eigenvalue weighted by Crippen LogP contribution is -2.38. The van der Waals surface area contributed by atoms with Crippen LogP contribution in [-0.2, 0) is 14.2 Å². The molecular weight excluding hydrogens is 240 g/mol. The summed E-state index contributed by atoms with van der Waals surface area (Å²) in [5, 5.41) is 0. The second-order valence-corrected chi connectivity index (χ2v) is 6.01. The van der Waals surface area contributed by atoms with Crippen molar-refractivity contribution in [2.45, 2.75) is 45.8 Å². The molecule has 3 nitrogen and oxygen atoms in total. The highest BCUT2D eigenvalue weighted by molar-refractivity contribution is 4.82. The maximum atomic E-state index is 6.11. The highest BCUT2D eigenvalue weighted by Crippen LogP contribution is 2.34. The van der Waals surface area contributed by atoms with E-state index in [0.29, 0.717) is 37.8 Å². The van der Waals surface area contributed by atoms with Crippen LogP contribution in [0.25, 0.3) is 0 Å². The van der Waals surface area contributed by atoms with Gasteiger partial charge in [-0.1, -0.05) is 26.8 Å². The molecule has 19 heavy (non-hydrogen) atoms. The minimum absolute atomic E-state index is 0.0127. The van der Waals surface area contributed by atoms with Gasteiger partial charge >= 0.3 is 0 Å². The normalized spacial score (nSPS) is 33.1. The third kappa shape index (κ3) is 5.64. The molecule has 1 aliphatic rings. The summed E-state index contributed by atoms with van der Waals surface area (Å²) in [6, 6.07) is 0. The molecule has 3 atom stereocenters. The largest absolute Gasteiger partial charge is 0.377 e. The van der Waals surface area contributed by atoms with Crippen LogP contribution in [0.15, 0.2) is 12.7 Å². The minimum Gasteiger partial charge on any atom is -0.377 e. The summed E-state index contributed by atoms with van der Waals surface area (Å²) in [5.41, 5.74) is 0. The van der Waals surface area contributed by atoms with Gasteiger partial charge in [0.2, 0.25) is 0 Å². The predicted octanol–water partition coefficient (Wildman–Crippen LogP) is 3.29. The Labute approximate surface area is 118 Å². The molecule has 0 radical (unpaired) electrons. The van der Waals surface area contributed by atoms with Gasteiger partial charge in [0, 0.05) is 7.11 Å². The lowest BCUT2D eigenvalue weighted by atomic mass is 9.75. The Kier molecular flexibility index (Phi) is 7.66. The molecule has 0 N–H and O–H groups in total. The summed E-state index contributed by atoms with van der Waals surface area (Å²) in [6.45, 7) is 12.3. The Morgan fingerprint density at radius 1 is 1.16 bits per heavy atom. The van der Waals surface area contributed by atoms with Crippen LogP contribution in [0.5, 0.6) is 0 Å². The van der Waals surface area contributed by atoms with Crippen molar-refractivity contribution in [2.75, 3.05) is 26.9 Å². The van der Waals surface area contributed by atoms with Gasteiger partial charge in [-0.15, -0.1) is 6.58 Å². The molecule has 0 spiro atoms. The van der Waals surface area contributed by atoms with E-state index in [4.69, 9.17) is 14.2 Å². The van der Waals surface area contributed by atoms with Crippen LogP contribution >= 0.6 is 0 Å². The van der Waals surface area contributed by atoms with E-state index < -0.39 is 0 Å². The Morgan fingerprint density at radius 3 is 2.32 bits per heavy atom. The van der Waals surface area contributed by atoms with Gasteiger partial charge in [0.15, 0.2) is 0 Å². The van der Waals surface area contributed by atoms with Crippen molar-refractivity contribution < 1.29 is 14.2 Å². The first-order valence-electron chi connectivity index (χ1n) is 7.41. The molecular formula is C16H30O3. The van der Waals surface area contributed by atoms with Crippen LogP contribution in [0.4, 0.5) is 0 Å². The first-order valence-corrected chi connectivity index (χ1v) is 7.41. The molecule has 1 rings (SSSR count). The number of methoxy groups -OCH3 is 1. The van der Waals surface area contributed by atoms with Gasteiger partial charge in [0.05, 0.1) is 25.9 Å². The third-order valence-electron chi connectivity index (χ3n) is 4.02. The molecule has 112 valence electrons. The molecule has 1 saturated carbocycles. The van der Waals surface area contributed by atoms with Crippen LogP contribution in [0.2, 0.25) is 0 Å².